The summed E-state index contributed by atoms with van der Waals surface area (Å²) in [6, 6.07) is 5.16. The van der Waals surface area contributed by atoms with E-state index in [1.54, 1.807) is 0 Å². The highest BCUT2D eigenvalue weighted by Gasteiger charge is 2.32. The molecule has 0 aliphatic carbocycles. The van der Waals surface area contributed by atoms with Gasteiger partial charge in [-0.3, -0.25) is 9.59 Å². The van der Waals surface area contributed by atoms with Crippen LogP contribution in [0, 0.1) is 0 Å². The average Bonchev–Trinajstić information content (AvgIpc) is 2.46. The lowest BCUT2D eigenvalue weighted by Crippen LogP contribution is -2.47. The first-order valence-electron chi connectivity index (χ1n) is 6.44. The highest BCUT2D eigenvalue weighted by molar-refractivity contribution is 5.98. The second kappa shape index (κ2) is 5.73. The van der Waals surface area contributed by atoms with Crippen LogP contribution in [0.4, 0.5) is 0 Å². The predicted molar refractivity (Wildman–Crippen MR) is 71.3 cm³/mol. The predicted octanol–water partition coefficient (Wildman–Crippen LogP) is 0.865. The van der Waals surface area contributed by atoms with Crippen molar-refractivity contribution < 1.29 is 19.5 Å². The van der Waals surface area contributed by atoms with Crippen LogP contribution in [-0.4, -0.2) is 40.4 Å². The third-order valence-corrected chi connectivity index (χ3v) is 3.47. The van der Waals surface area contributed by atoms with Crippen LogP contribution >= 0.6 is 0 Å². The summed E-state index contributed by atoms with van der Waals surface area (Å²) in [6.45, 7) is 0.438. The molecule has 0 spiro atoms. The molecule has 0 saturated carbocycles. The highest BCUT2D eigenvalue weighted by atomic mass is 16.4. The summed E-state index contributed by atoms with van der Waals surface area (Å²) in [6.07, 6.45) is 2.08. The van der Waals surface area contributed by atoms with Crippen LogP contribution in [0.1, 0.15) is 40.0 Å². The maximum atomic E-state index is 12.3. The standard InChI is InChI=1S/C14H16N2O4/c15-12(17)9-4-6-10(7-5-9)13(18)16-8-2-1-3-11(16)14(19)20/h4-7,11H,1-3,8H2,(H2,15,17)(H,19,20)/t11-/m1/s1. The Balaban J connectivity index is 2.20. The van der Waals surface area contributed by atoms with E-state index < -0.39 is 17.9 Å². The summed E-state index contributed by atoms with van der Waals surface area (Å²) in [7, 11) is 0. The second-order valence-electron chi connectivity index (χ2n) is 4.79. The number of primary amides is 1. The van der Waals surface area contributed by atoms with Crippen LogP contribution in [0.15, 0.2) is 24.3 Å². The van der Waals surface area contributed by atoms with Gasteiger partial charge in [0.15, 0.2) is 0 Å². The van der Waals surface area contributed by atoms with E-state index in [0.717, 1.165) is 12.8 Å². The van der Waals surface area contributed by atoms with Crippen LogP contribution in [0.5, 0.6) is 0 Å². The number of aliphatic carboxylic acids is 1. The highest BCUT2D eigenvalue weighted by Crippen LogP contribution is 2.20. The van der Waals surface area contributed by atoms with Crippen LogP contribution in [0.25, 0.3) is 0 Å². The maximum Gasteiger partial charge on any atom is 0.326 e. The smallest absolute Gasteiger partial charge is 0.326 e. The molecule has 0 aromatic heterocycles. The van der Waals surface area contributed by atoms with Gasteiger partial charge in [-0.2, -0.15) is 0 Å². The van der Waals surface area contributed by atoms with Crippen molar-refractivity contribution in [1.29, 1.82) is 0 Å². The molecular formula is C14H16N2O4. The Labute approximate surface area is 116 Å². The van der Waals surface area contributed by atoms with E-state index in [2.05, 4.69) is 0 Å². The Hall–Kier alpha value is -2.37. The Morgan fingerprint density at radius 2 is 1.70 bits per heavy atom. The van der Waals surface area contributed by atoms with Gasteiger partial charge in [0, 0.05) is 17.7 Å². The number of carboxylic acid groups (broad SMARTS) is 1. The molecule has 1 aliphatic rings. The van der Waals surface area contributed by atoms with Crippen LogP contribution in [0.3, 0.4) is 0 Å². The number of piperidine rings is 1. The van der Waals surface area contributed by atoms with Gasteiger partial charge in [0.2, 0.25) is 5.91 Å². The van der Waals surface area contributed by atoms with Gasteiger partial charge < -0.3 is 15.7 Å². The minimum atomic E-state index is -0.980. The van der Waals surface area contributed by atoms with Gasteiger partial charge in [0.1, 0.15) is 6.04 Å². The first-order chi connectivity index (χ1) is 9.50. The Bertz CT molecular complexity index is 539. The zero-order chi connectivity index (χ0) is 14.7. The molecule has 20 heavy (non-hydrogen) atoms. The van der Waals surface area contributed by atoms with Crippen molar-refractivity contribution in [3.05, 3.63) is 35.4 Å². The number of carboxylic acids is 1. The zero-order valence-electron chi connectivity index (χ0n) is 10.9. The van der Waals surface area contributed by atoms with E-state index in [-0.39, 0.29) is 5.91 Å². The number of hydrogen-bond acceptors (Lipinski definition) is 3. The normalized spacial score (nSPS) is 18.6. The largest absolute Gasteiger partial charge is 0.480 e. The number of hydrogen-bond donors (Lipinski definition) is 2. The van der Waals surface area contributed by atoms with Gasteiger partial charge >= 0.3 is 5.97 Å². The molecule has 2 amide bonds. The molecule has 1 atom stereocenters. The molecule has 106 valence electrons. The van der Waals surface area contributed by atoms with E-state index >= 15 is 0 Å². The SMILES string of the molecule is NC(=O)c1ccc(C(=O)N2CCCC[C@@H]2C(=O)O)cc1. The first-order valence-corrected chi connectivity index (χ1v) is 6.44. The van der Waals surface area contributed by atoms with Gasteiger partial charge in [-0.1, -0.05) is 0 Å². The first kappa shape index (κ1) is 14.0. The Morgan fingerprint density at radius 3 is 2.25 bits per heavy atom. The molecule has 6 nitrogen and oxygen atoms in total. The summed E-state index contributed by atoms with van der Waals surface area (Å²) in [4.78, 5) is 35.9. The molecule has 0 radical (unpaired) electrons. The molecule has 0 unspecified atom stereocenters. The lowest BCUT2D eigenvalue weighted by molar-refractivity contribution is -0.143. The second-order valence-corrected chi connectivity index (χ2v) is 4.79. The van der Waals surface area contributed by atoms with Gasteiger partial charge in [-0.15, -0.1) is 0 Å². The number of nitrogens with zero attached hydrogens (tertiary/aromatic N) is 1. The summed E-state index contributed by atoms with van der Waals surface area (Å²) in [5.74, 6) is -1.87. The maximum absolute atomic E-state index is 12.3. The summed E-state index contributed by atoms with van der Waals surface area (Å²) in [5, 5.41) is 9.17. The minimum absolute atomic E-state index is 0.315. The summed E-state index contributed by atoms with van der Waals surface area (Å²) >= 11 is 0. The molecule has 1 aromatic carbocycles. The van der Waals surface area contributed by atoms with Crippen molar-refractivity contribution in [2.24, 2.45) is 5.73 Å². The van der Waals surface area contributed by atoms with E-state index in [1.165, 1.54) is 29.2 Å². The van der Waals surface area contributed by atoms with E-state index in [4.69, 9.17) is 10.8 Å². The molecule has 1 fully saturated rings. The molecule has 1 aliphatic heterocycles. The van der Waals surface area contributed by atoms with Crippen molar-refractivity contribution in [3.63, 3.8) is 0 Å². The third kappa shape index (κ3) is 2.79. The quantitative estimate of drug-likeness (QED) is 0.855. The fourth-order valence-corrected chi connectivity index (χ4v) is 2.37. The van der Waals surface area contributed by atoms with E-state index in [1.807, 2.05) is 0 Å². The van der Waals surface area contributed by atoms with Crippen LogP contribution < -0.4 is 5.73 Å². The Kier molecular flexibility index (Phi) is 4.02. The monoisotopic (exact) mass is 276 g/mol. The number of likely N-dealkylation sites (tertiary alicyclic amines) is 1. The fourth-order valence-electron chi connectivity index (χ4n) is 2.37. The lowest BCUT2D eigenvalue weighted by atomic mass is 10.0. The fraction of sp³-hybridized carbons (Fsp3) is 0.357. The van der Waals surface area contributed by atoms with Crippen molar-refractivity contribution in [2.75, 3.05) is 6.54 Å². The zero-order valence-corrected chi connectivity index (χ0v) is 10.9. The molecule has 1 heterocycles. The minimum Gasteiger partial charge on any atom is -0.480 e. The summed E-state index contributed by atoms with van der Waals surface area (Å²) < 4.78 is 0. The molecule has 3 N–H and O–H groups in total. The number of amides is 2. The number of benzene rings is 1. The van der Waals surface area contributed by atoms with Crippen LogP contribution in [-0.2, 0) is 4.79 Å². The number of nitrogens with two attached hydrogens (primary N) is 1. The van der Waals surface area contributed by atoms with Crippen molar-refractivity contribution in [3.8, 4) is 0 Å². The molecule has 0 bridgehead atoms. The van der Waals surface area contributed by atoms with Gasteiger partial charge in [0.05, 0.1) is 0 Å². The number of carbonyl (C=O) groups is 3. The van der Waals surface area contributed by atoms with Gasteiger partial charge in [-0.05, 0) is 43.5 Å². The van der Waals surface area contributed by atoms with Crippen molar-refractivity contribution in [2.45, 2.75) is 25.3 Å². The van der Waals surface area contributed by atoms with E-state index in [0.29, 0.717) is 24.1 Å². The Morgan fingerprint density at radius 1 is 1.10 bits per heavy atom. The molecular weight excluding hydrogens is 260 g/mol. The van der Waals surface area contributed by atoms with Gasteiger partial charge in [0.25, 0.3) is 5.91 Å². The van der Waals surface area contributed by atoms with Crippen molar-refractivity contribution >= 4 is 17.8 Å². The van der Waals surface area contributed by atoms with Gasteiger partial charge in [-0.25, -0.2) is 4.79 Å². The molecule has 2 rings (SSSR count). The molecule has 6 heteroatoms. The topological polar surface area (TPSA) is 101 Å². The summed E-state index contributed by atoms with van der Waals surface area (Å²) in [5.41, 5.74) is 5.81. The van der Waals surface area contributed by atoms with Crippen molar-refractivity contribution in [1.82, 2.24) is 4.90 Å². The average molecular weight is 276 g/mol. The van der Waals surface area contributed by atoms with Crippen LogP contribution in [0.2, 0.25) is 0 Å². The number of carbonyl (C=O) groups excluding carboxylic acids is 2. The number of rotatable bonds is 3. The van der Waals surface area contributed by atoms with E-state index in [9.17, 15) is 14.4 Å². The molecule has 1 saturated heterocycles. The molecule has 1 aromatic rings. The third-order valence-electron chi connectivity index (χ3n) is 3.47. The lowest BCUT2D eigenvalue weighted by Gasteiger charge is -2.33.